The van der Waals surface area contributed by atoms with Crippen LogP contribution in [0, 0.1) is 19.8 Å². The molecule has 0 aromatic heterocycles. The summed E-state index contributed by atoms with van der Waals surface area (Å²) in [6, 6.07) is 6.32. The lowest BCUT2D eigenvalue weighted by Gasteiger charge is -2.26. The first-order chi connectivity index (χ1) is 6.51. The SMILES string of the molecule is Cc1ccc(C)c([C@@](C)(O)C2CC2)c1. The zero-order valence-corrected chi connectivity index (χ0v) is 9.17. The minimum Gasteiger partial charge on any atom is -0.385 e. The molecule has 1 saturated carbocycles. The predicted octanol–water partition coefficient (Wildman–Crippen LogP) is 2.92. The van der Waals surface area contributed by atoms with Gasteiger partial charge in [0.25, 0.3) is 0 Å². The lowest BCUT2D eigenvalue weighted by atomic mass is 9.87. The highest BCUT2D eigenvalue weighted by Crippen LogP contribution is 2.46. The van der Waals surface area contributed by atoms with Gasteiger partial charge in [0.1, 0.15) is 0 Å². The van der Waals surface area contributed by atoms with E-state index >= 15 is 0 Å². The molecule has 0 radical (unpaired) electrons. The molecule has 2 rings (SSSR count). The fraction of sp³-hybridized carbons (Fsp3) is 0.538. The van der Waals surface area contributed by atoms with Gasteiger partial charge in [0, 0.05) is 0 Å². The normalized spacial score (nSPS) is 20.6. The lowest BCUT2D eigenvalue weighted by molar-refractivity contribution is 0.0324. The van der Waals surface area contributed by atoms with Gasteiger partial charge in [-0.25, -0.2) is 0 Å². The molecule has 0 unspecified atom stereocenters. The molecule has 1 fully saturated rings. The van der Waals surface area contributed by atoms with Crippen LogP contribution < -0.4 is 0 Å². The van der Waals surface area contributed by atoms with E-state index in [1.54, 1.807) is 0 Å². The molecule has 1 aliphatic rings. The summed E-state index contributed by atoms with van der Waals surface area (Å²) >= 11 is 0. The van der Waals surface area contributed by atoms with Crippen LogP contribution in [0.25, 0.3) is 0 Å². The first-order valence-electron chi connectivity index (χ1n) is 5.32. The second-order valence-electron chi connectivity index (χ2n) is 4.74. The Labute approximate surface area is 85.8 Å². The van der Waals surface area contributed by atoms with Crippen LogP contribution >= 0.6 is 0 Å². The molecular formula is C13H18O. The van der Waals surface area contributed by atoms with Gasteiger partial charge in [0.15, 0.2) is 0 Å². The van der Waals surface area contributed by atoms with Gasteiger partial charge in [-0.1, -0.05) is 23.8 Å². The molecule has 1 N–H and O–H groups in total. The van der Waals surface area contributed by atoms with Crippen molar-refractivity contribution in [1.29, 1.82) is 0 Å². The summed E-state index contributed by atoms with van der Waals surface area (Å²) in [6.45, 7) is 6.10. The third kappa shape index (κ3) is 1.57. The Balaban J connectivity index is 2.43. The standard InChI is InChI=1S/C13H18O/c1-9-4-5-10(2)12(8-9)13(3,14)11-6-7-11/h4-5,8,11,14H,6-7H2,1-3H3/t13-/m0/s1. The molecule has 1 atom stereocenters. The van der Waals surface area contributed by atoms with Crippen molar-refractivity contribution in [3.63, 3.8) is 0 Å². The molecule has 1 aliphatic carbocycles. The summed E-state index contributed by atoms with van der Waals surface area (Å²) in [6.07, 6.45) is 2.33. The molecule has 76 valence electrons. The zero-order chi connectivity index (χ0) is 10.3. The fourth-order valence-electron chi connectivity index (χ4n) is 2.15. The molecule has 0 aliphatic heterocycles. The Kier molecular flexibility index (Phi) is 2.15. The summed E-state index contributed by atoms with van der Waals surface area (Å²) in [5, 5.41) is 10.4. The Morgan fingerprint density at radius 1 is 1.29 bits per heavy atom. The monoisotopic (exact) mass is 190 g/mol. The minimum absolute atomic E-state index is 0.475. The number of benzene rings is 1. The Morgan fingerprint density at radius 2 is 1.93 bits per heavy atom. The van der Waals surface area contributed by atoms with E-state index in [1.165, 1.54) is 24.0 Å². The molecule has 0 bridgehead atoms. The van der Waals surface area contributed by atoms with Crippen LogP contribution in [0.2, 0.25) is 0 Å². The van der Waals surface area contributed by atoms with Gasteiger partial charge in [-0.2, -0.15) is 0 Å². The van der Waals surface area contributed by atoms with E-state index < -0.39 is 5.60 Å². The summed E-state index contributed by atoms with van der Waals surface area (Å²) in [4.78, 5) is 0. The second-order valence-corrected chi connectivity index (χ2v) is 4.74. The van der Waals surface area contributed by atoms with Crippen LogP contribution in [0.15, 0.2) is 18.2 Å². The third-order valence-electron chi connectivity index (χ3n) is 3.31. The number of aryl methyl sites for hydroxylation is 2. The van der Waals surface area contributed by atoms with Crippen molar-refractivity contribution in [2.75, 3.05) is 0 Å². The second kappa shape index (κ2) is 3.09. The van der Waals surface area contributed by atoms with E-state index in [2.05, 4.69) is 32.0 Å². The first kappa shape index (κ1) is 9.72. The molecule has 1 aromatic carbocycles. The molecule has 0 heterocycles. The third-order valence-corrected chi connectivity index (χ3v) is 3.31. The van der Waals surface area contributed by atoms with E-state index in [0.29, 0.717) is 5.92 Å². The van der Waals surface area contributed by atoms with Crippen molar-refractivity contribution in [3.8, 4) is 0 Å². The Bertz CT molecular complexity index is 348. The Hall–Kier alpha value is -0.820. The molecule has 0 saturated heterocycles. The van der Waals surface area contributed by atoms with Crippen molar-refractivity contribution >= 4 is 0 Å². The summed E-state index contributed by atoms with van der Waals surface area (Å²) in [5.41, 5.74) is 2.93. The summed E-state index contributed by atoms with van der Waals surface area (Å²) in [7, 11) is 0. The number of hydrogen-bond donors (Lipinski definition) is 1. The minimum atomic E-state index is -0.615. The van der Waals surface area contributed by atoms with Crippen LogP contribution in [0.5, 0.6) is 0 Å². The number of aliphatic hydroxyl groups is 1. The topological polar surface area (TPSA) is 20.2 Å². The van der Waals surface area contributed by atoms with E-state index in [4.69, 9.17) is 0 Å². The summed E-state index contributed by atoms with van der Waals surface area (Å²) in [5.74, 6) is 0.475. The van der Waals surface area contributed by atoms with Gasteiger partial charge in [0.05, 0.1) is 5.60 Å². The molecule has 1 aromatic rings. The van der Waals surface area contributed by atoms with Crippen molar-refractivity contribution in [1.82, 2.24) is 0 Å². The van der Waals surface area contributed by atoms with Gasteiger partial charge >= 0.3 is 0 Å². The number of hydrogen-bond acceptors (Lipinski definition) is 1. The van der Waals surface area contributed by atoms with Crippen LogP contribution in [-0.4, -0.2) is 5.11 Å². The smallest absolute Gasteiger partial charge is 0.0899 e. The van der Waals surface area contributed by atoms with Gasteiger partial charge in [-0.3, -0.25) is 0 Å². The van der Waals surface area contributed by atoms with E-state index in [9.17, 15) is 5.11 Å². The van der Waals surface area contributed by atoms with Gasteiger partial charge in [0.2, 0.25) is 0 Å². The fourth-order valence-corrected chi connectivity index (χ4v) is 2.15. The lowest BCUT2D eigenvalue weighted by Crippen LogP contribution is -2.25. The first-order valence-corrected chi connectivity index (χ1v) is 5.32. The average molecular weight is 190 g/mol. The predicted molar refractivity (Wildman–Crippen MR) is 58.2 cm³/mol. The van der Waals surface area contributed by atoms with Crippen LogP contribution in [0.3, 0.4) is 0 Å². The molecule has 1 heteroatoms. The van der Waals surface area contributed by atoms with Crippen LogP contribution in [0.1, 0.15) is 36.5 Å². The van der Waals surface area contributed by atoms with Crippen molar-refractivity contribution in [3.05, 3.63) is 34.9 Å². The maximum atomic E-state index is 10.4. The van der Waals surface area contributed by atoms with E-state index in [0.717, 1.165) is 5.56 Å². The van der Waals surface area contributed by atoms with E-state index in [1.807, 2.05) is 6.92 Å². The molecule has 0 amide bonds. The van der Waals surface area contributed by atoms with Crippen molar-refractivity contribution in [2.45, 2.75) is 39.2 Å². The maximum Gasteiger partial charge on any atom is 0.0899 e. The zero-order valence-electron chi connectivity index (χ0n) is 9.17. The molecule has 0 spiro atoms. The largest absolute Gasteiger partial charge is 0.385 e. The van der Waals surface area contributed by atoms with Crippen LogP contribution in [-0.2, 0) is 5.60 Å². The van der Waals surface area contributed by atoms with Gasteiger partial charge in [-0.05, 0) is 50.7 Å². The van der Waals surface area contributed by atoms with Crippen molar-refractivity contribution in [2.24, 2.45) is 5.92 Å². The molecule has 1 nitrogen and oxygen atoms in total. The molecule has 14 heavy (non-hydrogen) atoms. The van der Waals surface area contributed by atoms with Crippen molar-refractivity contribution < 1.29 is 5.11 Å². The maximum absolute atomic E-state index is 10.4. The quantitative estimate of drug-likeness (QED) is 0.760. The highest BCUT2D eigenvalue weighted by atomic mass is 16.3. The highest BCUT2D eigenvalue weighted by molar-refractivity contribution is 5.35. The number of rotatable bonds is 2. The average Bonchev–Trinajstić information content (AvgIpc) is 2.91. The van der Waals surface area contributed by atoms with Gasteiger partial charge < -0.3 is 5.11 Å². The molecular weight excluding hydrogens is 172 g/mol. The Morgan fingerprint density at radius 3 is 2.50 bits per heavy atom. The van der Waals surface area contributed by atoms with E-state index in [-0.39, 0.29) is 0 Å². The van der Waals surface area contributed by atoms with Gasteiger partial charge in [-0.15, -0.1) is 0 Å². The van der Waals surface area contributed by atoms with Crippen LogP contribution in [0.4, 0.5) is 0 Å². The summed E-state index contributed by atoms with van der Waals surface area (Å²) < 4.78 is 0. The highest BCUT2D eigenvalue weighted by Gasteiger charge is 2.41.